The summed E-state index contributed by atoms with van der Waals surface area (Å²) in [5.41, 5.74) is 1.08. The van der Waals surface area contributed by atoms with Gasteiger partial charge in [-0.25, -0.2) is 0 Å². The predicted molar refractivity (Wildman–Crippen MR) is 71.5 cm³/mol. The van der Waals surface area contributed by atoms with Gasteiger partial charge in [0.15, 0.2) is 0 Å². The Morgan fingerprint density at radius 2 is 2.17 bits per heavy atom. The maximum Gasteiger partial charge on any atom is 0.320 e. The molecule has 5 heteroatoms. The van der Waals surface area contributed by atoms with Gasteiger partial charge in [-0.3, -0.25) is 9.69 Å². The Hall–Kier alpha value is -0.910. The van der Waals surface area contributed by atoms with Gasteiger partial charge in [0.1, 0.15) is 6.04 Å². The maximum absolute atomic E-state index is 11.0. The van der Waals surface area contributed by atoms with Crippen LogP contribution in [0.3, 0.4) is 0 Å². The number of carbonyl (C=O) groups is 1. The number of rotatable bonds is 3. The van der Waals surface area contributed by atoms with E-state index in [1.54, 1.807) is 6.92 Å². The molecule has 2 atom stereocenters. The van der Waals surface area contributed by atoms with Crippen molar-refractivity contribution in [3.63, 3.8) is 0 Å². The Morgan fingerprint density at radius 1 is 1.50 bits per heavy atom. The van der Waals surface area contributed by atoms with E-state index in [1.165, 1.54) is 0 Å². The molecule has 0 unspecified atom stereocenters. The average Bonchev–Trinajstić information content (AvgIpc) is 2.38. The molecular weight excluding hydrogens is 298 g/mol. The van der Waals surface area contributed by atoms with Crippen molar-refractivity contribution in [3.8, 4) is 0 Å². The number of hydrogen-bond donors (Lipinski definition) is 1. The van der Waals surface area contributed by atoms with Gasteiger partial charge < -0.3 is 9.84 Å². The Morgan fingerprint density at radius 3 is 2.78 bits per heavy atom. The number of ether oxygens (including phenoxy) is 1. The van der Waals surface area contributed by atoms with Crippen molar-refractivity contribution in [3.05, 3.63) is 34.3 Å². The standard InChI is InChI=1S/C13H16BrNO3/c1-9(13(16)17)15-6-7-18-12(8-15)10-2-4-11(14)5-3-10/h2-5,9,12H,6-8H2,1H3,(H,16,17)/t9-,12+/m0/s1. The molecule has 98 valence electrons. The van der Waals surface area contributed by atoms with E-state index in [2.05, 4.69) is 15.9 Å². The van der Waals surface area contributed by atoms with E-state index in [4.69, 9.17) is 9.84 Å². The summed E-state index contributed by atoms with van der Waals surface area (Å²) in [6.07, 6.45) is -0.0475. The lowest BCUT2D eigenvalue weighted by Gasteiger charge is -2.35. The van der Waals surface area contributed by atoms with Crippen LogP contribution in [0.1, 0.15) is 18.6 Å². The van der Waals surface area contributed by atoms with Gasteiger partial charge in [0.05, 0.1) is 12.7 Å². The molecule has 0 amide bonds. The van der Waals surface area contributed by atoms with Crippen molar-refractivity contribution in [1.29, 1.82) is 0 Å². The summed E-state index contributed by atoms with van der Waals surface area (Å²) in [7, 11) is 0. The number of morpholine rings is 1. The van der Waals surface area contributed by atoms with Crippen LogP contribution in [0.25, 0.3) is 0 Å². The fraction of sp³-hybridized carbons (Fsp3) is 0.462. The largest absolute Gasteiger partial charge is 0.480 e. The minimum atomic E-state index is -0.786. The first-order valence-electron chi connectivity index (χ1n) is 5.92. The topological polar surface area (TPSA) is 49.8 Å². The van der Waals surface area contributed by atoms with E-state index in [-0.39, 0.29) is 6.10 Å². The van der Waals surface area contributed by atoms with Crippen molar-refractivity contribution in [2.45, 2.75) is 19.1 Å². The quantitative estimate of drug-likeness (QED) is 0.930. The number of nitrogens with zero attached hydrogens (tertiary/aromatic N) is 1. The van der Waals surface area contributed by atoms with Gasteiger partial charge in [-0.2, -0.15) is 0 Å². The Balaban J connectivity index is 2.06. The van der Waals surface area contributed by atoms with Gasteiger partial charge in [0, 0.05) is 17.6 Å². The van der Waals surface area contributed by atoms with Crippen LogP contribution in [-0.4, -0.2) is 41.7 Å². The molecule has 1 aromatic carbocycles. The smallest absolute Gasteiger partial charge is 0.320 e. The Labute approximate surface area is 115 Å². The van der Waals surface area contributed by atoms with E-state index in [0.717, 1.165) is 10.0 Å². The third-order valence-electron chi connectivity index (χ3n) is 3.24. The monoisotopic (exact) mass is 313 g/mol. The van der Waals surface area contributed by atoms with Gasteiger partial charge in [-0.1, -0.05) is 28.1 Å². The zero-order valence-corrected chi connectivity index (χ0v) is 11.8. The molecule has 1 heterocycles. The molecule has 0 saturated carbocycles. The minimum Gasteiger partial charge on any atom is -0.480 e. The molecule has 1 N–H and O–H groups in total. The van der Waals surface area contributed by atoms with Crippen LogP contribution in [0.4, 0.5) is 0 Å². The zero-order valence-electron chi connectivity index (χ0n) is 10.2. The lowest BCUT2D eigenvalue weighted by atomic mass is 10.1. The number of benzene rings is 1. The van der Waals surface area contributed by atoms with Crippen LogP contribution >= 0.6 is 15.9 Å². The van der Waals surface area contributed by atoms with Crippen molar-refractivity contribution in [1.82, 2.24) is 4.90 Å². The van der Waals surface area contributed by atoms with Crippen molar-refractivity contribution >= 4 is 21.9 Å². The second-order valence-corrected chi connectivity index (χ2v) is 5.34. The Kier molecular flexibility index (Phi) is 4.37. The molecule has 0 spiro atoms. The molecule has 2 rings (SSSR count). The van der Waals surface area contributed by atoms with Crippen LogP contribution in [0.2, 0.25) is 0 Å². The molecule has 1 aliphatic heterocycles. The first-order valence-corrected chi connectivity index (χ1v) is 6.71. The van der Waals surface area contributed by atoms with Gasteiger partial charge in [-0.15, -0.1) is 0 Å². The molecule has 1 aliphatic rings. The summed E-state index contributed by atoms with van der Waals surface area (Å²) in [5.74, 6) is -0.786. The average molecular weight is 314 g/mol. The summed E-state index contributed by atoms with van der Waals surface area (Å²) in [5, 5.41) is 9.04. The fourth-order valence-corrected chi connectivity index (χ4v) is 2.32. The molecule has 0 aromatic heterocycles. The number of carboxylic acid groups (broad SMARTS) is 1. The number of carboxylic acids is 1. The summed E-state index contributed by atoms with van der Waals surface area (Å²) < 4.78 is 6.74. The maximum atomic E-state index is 11.0. The minimum absolute atomic E-state index is 0.0475. The normalized spacial score (nSPS) is 22.7. The first-order chi connectivity index (χ1) is 8.58. The number of halogens is 1. The lowest BCUT2D eigenvalue weighted by molar-refractivity contribution is -0.145. The van der Waals surface area contributed by atoms with E-state index in [9.17, 15) is 4.79 Å². The van der Waals surface area contributed by atoms with Crippen LogP contribution in [0.5, 0.6) is 0 Å². The fourth-order valence-electron chi connectivity index (χ4n) is 2.06. The van der Waals surface area contributed by atoms with Gasteiger partial charge in [-0.05, 0) is 24.6 Å². The molecule has 1 fully saturated rings. The summed E-state index contributed by atoms with van der Waals surface area (Å²) in [6.45, 7) is 3.57. The molecule has 1 saturated heterocycles. The van der Waals surface area contributed by atoms with E-state index in [0.29, 0.717) is 19.7 Å². The highest BCUT2D eigenvalue weighted by atomic mass is 79.9. The molecule has 18 heavy (non-hydrogen) atoms. The third-order valence-corrected chi connectivity index (χ3v) is 3.77. The lowest BCUT2D eigenvalue weighted by Crippen LogP contribution is -2.46. The summed E-state index contributed by atoms with van der Waals surface area (Å²) in [4.78, 5) is 12.9. The number of aliphatic carboxylic acids is 1. The van der Waals surface area contributed by atoms with Crippen LogP contribution in [0, 0.1) is 0 Å². The van der Waals surface area contributed by atoms with E-state index >= 15 is 0 Å². The van der Waals surface area contributed by atoms with Crippen LogP contribution < -0.4 is 0 Å². The first kappa shape index (κ1) is 13.5. The highest BCUT2D eigenvalue weighted by molar-refractivity contribution is 9.10. The van der Waals surface area contributed by atoms with E-state index in [1.807, 2.05) is 29.2 Å². The highest BCUT2D eigenvalue weighted by Crippen LogP contribution is 2.24. The summed E-state index contributed by atoms with van der Waals surface area (Å²) >= 11 is 3.39. The molecule has 0 bridgehead atoms. The van der Waals surface area contributed by atoms with Crippen LogP contribution in [0.15, 0.2) is 28.7 Å². The molecule has 0 aliphatic carbocycles. The van der Waals surface area contributed by atoms with Crippen molar-refractivity contribution in [2.24, 2.45) is 0 Å². The summed E-state index contributed by atoms with van der Waals surface area (Å²) in [6, 6.07) is 7.48. The Bertz CT molecular complexity index is 421. The van der Waals surface area contributed by atoms with E-state index < -0.39 is 12.0 Å². The third kappa shape index (κ3) is 3.10. The zero-order chi connectivity index (χ0) is 13.1. The second-order valence-electron chi connectivity index (χ2n) is 4.42. The van der Waals surface area contributed by atoms with Crippen molar-refractivity contribution in [2.75, 3.05) is 19.7 Å². The molecule has 4 nitrogen and oxygen atoms in total. The molecular formula is C13H16BrNO3. The molecule has 1 aromatic rings. The van der Waals surface area contributed by atoms with Gasteiger partial charge >= 0.3 is 5.97 Å². The predicted octanol–water partition coefficient (Wildman–Crippen LogP) is 2.30. The van der Waals surface area contributed by atoms with Crippen molar-refractivity contribution < 1.29 is 14.6 Å². The van der Waals surface area contributed by atoms with Gasteiger partial charge in [0.2, 0.25) is 0 Å². The molecule has 0 radical (unpaired) electrons. The van der Waals surface area contributed by atoms with Crippen LogP contribution in [-0.2, 0) is 9.53 Å². The second kappa shape index (κ2) is 5.82. The number of hydrogen-bond acceptors (Lipinski definition) is 3. The SMILES string of the molecule is C[C@@H](C(=O)O)N1CCO[C@@H](c2ccc(Br)cc2)C1. The highest BCUT2D eigenvalue weighted by Gasteiger charge is 2.28. The van der Waals surface area contributed by atoms with Gasteiger partial charge in [0.25, 0.3) is 0 Å².